The van der Waals surface area contributed by atoms with E-state index in [1.54, 1.807) is 0 Å². The Balaban J connectivity index is 1.74. The summed E-state index contributed by atoms with van der Waals surface area (Å²) in [4.78, 5) is 0. The number of anilines is 1. The first-order valence-corrected chi connectivity index (χ1v) is 6.04. The zero-order chi connectivity index (χ0) is 15.0. The Morgan fingerprint density at radius 2 is 1.81 bits per heavy atom. The first kappa shape index (κ1) is 13.4. The number of benzene rings is 2. The van der Waals surface area contributed by atoms with Gasteiger partial charge in [0.15, 0.2) is 11.5 Å². The van der Waals surface area contributed by atoms with Gasteiger partial charge in [-0.1, -0.05) is 0 Å². The third kappa shape index (κ3) is 2.81. The number of aromatic hydroxyl groups is 1. The molecule has 0 spiro atoms. The highest BCUT2D eigenvalue weighted by atomic mass is 19.3. The average molecular weight is 297 g/mol. The molecule has 0 saturated heterocycles. The van der Waals surface area contributed by atoms with E-state index in [4.69, 9.17) is 0 Å². The highest BCUT2D eigenvalue weighted by Gasteiger charge is 2.43. The first-order chi connectivity index (χ1) is 9.93. The van der Waals surface area contributed by atoms with Crippen molar-refractivity contribution in [1.82, 2.24) is 0 Å². The molecule has 1 heterocycles. The van der Waals surface area contributed by atoms with Gasteiger partial charge >= 0.3 is 6.29 Å². The number of hydrogen-bond donors (Lipinski definition) is 2. The van der Waals surface area contributed by atoms with E-state index < -0.39 is 12.1 Å². The summed E-state index contributed by atoms with van der Waals surface area (Å²) in [6, 6.07) is 7.76. The number of phenols is 1. The normalized spacial score (nSPS) is 15.0. The largest absolute Gasteiger partial charge is 0.586 e. The van der Waals surface area contributed by atoms with Crippen molar-refractivity contribution in [3.63, 3.8) is 0 Å². The lowest BCUT2D eigenvalue weighted by atomic mass is 10.2. The summed E-state index contributed by atoms with van der Waals surface area (Å²) in [7, 11) is 0. The summed E-state index contributed by atoms with van der Waals surface area (Å²) in [6.07, 6.45) is -3.66. The number of phenolic OH excluding ortho intramolecular Hbond substituents is 1. The van der Waals surface area contributed by atoms with Crippen molar-refractivity contribution in [3.05, 3.63) is 47.8 Å². The minimum absolute atomic E-state index is 0.0563. The predicted molar refractivity (Wildman–Crippen MR) is 68.0 cm³/mol. The molecular formula is C14H10F3NO3. The number of halogens is 3. The lowest BCUT2D eigenvalue weighted by Gasteiger charge is -2.09. The molecule has 0 aliphatic carbocycles. The molecule has 1 aliphatic heterocycles. The van der Waals surface area contributed by atoms with Crippen LogP contribution in [-0.4, -0.2) is 11.4 Å². The summed E-state index contributed by atoms with van der Waals surface area (Å²) in [5, 5.41) is 12.5. The van der Waals surface area contributed by atoms with Crippen LogP contribution in [0.25, 0.3) is 0 Å². The number of hydrogen-bond acceptors (Lipinski definition) is 4. The van der Waals surface area contributed by atoms with E-state index in [1.165, 1.54) is 30.3 Å². The van der Waals surface area contributed by atoms with Crippen molar-refractivity contribution >= 4 is 5.69 Å². The van der Waals surface area contributed by atoms with Gasteiger partial charge in [-0.15, -0.1) is 8.78 Å². The lowest BCUT2D eigenvalue weighted by Crippen LogP contribution is -2.25. The fraction of sp³-hybridized carbons (Fsp3) is 0.143. The molecule has 4 nitrogen and oxygen atoms in total. The number of ether oxygens (including phenoxy) is 2. The summed E-state index contributed by atoms with van der Waals surface area (Å²) >= 11 is 0. The Morgan fingerprint density at radius 1 is 1.05 bits per heavy atom. The van der Waals surface area contributed by atoms with Crippen LogP contribution in [0.2, 0.25) is 0 Å². The molecule has 7 heteroatoms. The second-order valence-electron chi connectivity index (χ2n) is 4.46. The van der Waals surface area contributed by atoms with Crippen LogP contribution in [-0.2, 0) is 6.54 Å². The second-order valence-corrected chi connectivity index (χ2v) is 4.46. The molecule has 1 aliphatic rings. The highest BCUT2D eigenvalue weighted by molar-refractivity contribution is 5.56. The molecule has 0 bridgehead atoms. The maximum Gasteiger partial charge on any atom is 0.586 e. The van der Waals surface area contributed by atoms with Gasteiger partial charge in [0.25, 0.3) is 0 Å². The number of alkyl halides is 2. The van der Waals surface area contributed by atoms with Crippen molar-refractivity contribution in [2.75, 3.05) is 5.32 Å². The minimum atomic E-state index is -3.66. The van der Waals surface area contributed by atoms with E-state index in [0.29, 0.717) is 11.3 Å². The van der Waals surface area contributed by atoms with Gasteiger partial charge in [0.05, 0.1) is 0 Å². The first-order valence-electron chi connectivity index (χ1n) is 6.04. The SMILES string of the molecule is Oc1ccc(F)cc1CNc1ccc2c(c1)OC(F)(F)O2. The van der Waals surface area contributed by atoms with Crippen LogP contribution in [0, 0.1) is 5.82 Å². The Hall–Kier alpha value is -2.57. The molecule has 2 aromatic carbocycles. The van der Waals surface area contributed by atoms with Crippen LogP contribution < -0.4 is 14.8 Å². The standard InChI is InChI=1S/C14H10F3NO3/c15-9-1-3-11(19)8(5-9)7-18-10-2-4-12-13(6-10)21-14(16,17)20-12/h1-6,18-19H,7H2. The Bertz CT molecular complexity index is 691. The van der Waals surface area contributed by atoms with Crippen LogP contribution in [0.1, 0.15) is 5.56 Å². The van der Waals surface area contributed by atoms with Crippen molar-refractivity contribution in [3.8, 4) is 17.2 Å². The molecule has 110 valence electrons. The summed E-state index contributed by atoms with van der Waals surface area (Å²) < 4.78 is 47.4. The van der Waals surface area contributed by atoms with E-state index in [2.05, 4.69) is 14.8 Å². The van der Waals surface area contributed by atoms with Crippen molar-refractivity contribution in [2.24, 2.45) is 0 Å². The molecular weight excluding hydrogens is 287 g/mol. The van der Waals surface area contributed by atoms with Gasteiger partial charge < -0.3 is 19.9 Å². The third-order valence-corrected chi connectivity index (χ3v) is 2.93. The molecule has 2 aromatic rings. The smallest absolute Gasteiger partial charge is 0.508 e. The van der Waals surface area contributed by atoms with E-state index in [-0.39, 0.29) is 23.8 Å². The molecule has 0 amide bonds. The molecule has 0 fully saturated rings. The maximum absolute atomic E-state index is 13.1. The molecule has 21 heavy (non-hydrogen) atoms. The van der Waals surface area contributed by atoms with Gasteiger partial charge in [-0.2, -0.15) is 0 Å². The predicted octanol–water partition coefficient (Wildman–Crippen LogP) is 3.46. The molecule has 0 saturated carbocycles. The fourth-order valence-corrected chi connectivity index (χ4v) is 1.95. The molecule has 0 atom stereocenters. The van der Waals surface area contributed by atoms with Gasteiger partial charge in [0.2, 0.25) is 0 Å². The van der Waals surface area contributed by atoms with E-state index >= 15 is 0 Å². The van der Waals surface area contributed by atoms with E-state index in [9.17, 15) is 18.3 Å². The van der Waals surface area contributed by atoms with Crippen LogP contribution in [0.4, 0.5) is 18.9 Å². The summed E-state index contributed by atoms with van der Waals surface area (Å²) in [5.41, 5.74) is 0.816. The quantitative estimate of drug-likeness (QED) is 0.911. The van der Waals surface area contributed by atoms with Crippen molar-refractivity contribution in [1.29, 1.82) is 0 Å². The van der Waals surface area contributed by atoms with Gasteiger partial charge in [-0.05, 0) is 30.3 Å². The third-order valence-electron chi connectivity index (χ3n) is 2.93. The monoisotopic (exact) mass is 297 g/mol. The molecule has 0 radical (unpaired) electrons. The van der Waals surface area contributed by atoms with Crippen LogP contribution in [0.15, 0.2) is 36.4 Å². The van der Waals surface area contributed by atoms with Crippen LogP contribution in [0.3, 0.4) is 0 Å². The van der Waals surface area contributed by atoms with E-state index in [0.717, 1.165) is 6.07 Å². The van der Waals surface area contributed by atoms with Crippen molar-refractivity contribution < 1.29 is 27.8 Å². The summed E-state index contributed by atoms with van der Waals surface area (Å²) in [5.74, 6) is -0.682. The van der Waals surface area contributed by atoms with Gasteiger partial charge in [-0.3, -0.25) is 0 Å². The average Bonchev–Trinajstić information content (AvgIpc) is 2.72. The molecule has 0 unspecified atom stereocenters. The zero-order valence-electron chi connectivity index (χ0n) is 10.6. The molecule has 0 aromatic heterocycles. The number of rotatable bonds is 3. The molecule has 3 rings (SSSR count). The number of fused-ring (bicyclic) bond motifs is 1. The Labute approximate surface area is 117 Å². The lowest BCUT2D eigenvalue weighted by molar-refractivity contribution is -0.286. The van der Waals surface area contributed by atoms with E-state index in [1.807, 2.05) is 0 Å². The molecule has 2 N–H and O–H groups in total. The van der Waals surface area contributed by atoms with Gasteiger partial charge in [-0.25, -0.2) is 4.39 Å². The van der Waals surface area contributed by atoms with Crippen molar-refractivity contribution in [2.45, 2.75) is 12.8 Å². The van der Waals surface area contributed by atoms with Crippen LogP contribution in [0.5, 0.6) is 17.2 Å². The van der Waals surface area contributed by atoms with Crippen LogP contribution >= 0.6 is 0 Å². The minimum Gasteiger partial charge on any atom is -0.508 e. The Morgan fingerprint density at radius 3 is 2.62 bits per heavy atom. The maximum atomic E-state index is 13.1. The number of nitrogens with one attached hydrogen (secondary N) is 1. The van der Waals surface area contributed by atoms with Gasteiger partial charge in [0.1, 0.15) is 11.6 Å². The topological polar surface area (TPSA) is 50.7 Å². The Kier molecular flexibility index (Phi) is 3.04. The fourth-order valence-electron chi connectivity index (χ4n) is 1.95. The summed E-state index contributed by atoms with van der Waals surface area (Å²) in [6.45, 7) is 0.125. The second kappa shape index (κ2) is 4.76. The zero-order valence-corrected chi connectivity index (χ0v) is 10.6. The van der Waals surface area contributed by atoms with Gasteiger partial charge in [0, 0.05) is 23.9 Å². The highest BCUT2D eigenvalue weighted by Crippen LogP contribution is 2.42.